The summed E-state index contributed by atoms with van der Waals surface area (Å²) in [6, 6.07) is 11.5. The van der Waals surface area contributed by atoms with E-state index >= 15 is 0 Å². The molecule has 0 saturated carbocycles. The van der Waals surface area contributed by atoms with Crippen LogP contribution in [0.25, 0.3) is 5.78 Å². The van der Waals surface area contributed by atoms with Gasteiger partial charge in [-0.1, -0.05) is 12.1 Å². The van der Waals surface area contributed by atoms with Crippen LogP contribution in [0.1, 0.15) is 27.9 Å². The molecule has 0 unspecified atom stereocenters. The van der Waals surface area contributed by atoms with E-state index in [4.69, 9.17) is 4.74 Å². The number of nitrogens with zero attached hydrogens (tertiary/aromatic N) is 3. The zero-order valence-corrected chi connectivity index (χ0v) is 18.0. The van der Waals surface area contributed by atoms with Crippen molar-refractivity contribution in [1.29, 1.82) is 0 Å². The van der Waals surface area contributed by atoms with E-state index in [0.29, 0.717) is 35.5 Å². The van der Waals surface area contributed by atoms with Crippen LogP contribution in [0.5, 0.6) is 5.75 Å². The lowest BCUT2D eigenvalue weighted by Crippen LogP contribution is -2.06. The first kappa shape index (κ1) is 20.7. The quantitative estimate of drug-likeness (QED) is 0.411. The fourth-order valence-electron chi connectivity index (χ4n) is 3.38. The third-order valence-corrected chi connectivity index (χ3v) is 7.04. The molecule has 4 aromatic rings. The van der Waals surface area contributed by atoms with Crippen molar-refractivity contribution in [2.24, 2.45) is 0 Å². The van der Waals surface area contributed by atoms with E-state index in [0.717, 1.165) is 5.56 Å². The second-order valence-electron chi connectivity index (χ2n) is 7.18. The van der Waals surface area contributed by atoms with Crippen LogP contribution in [0.2, 0.25) is 0 Å². The van der Waals surface area contributed by atoms with Crippen molar-refractivity contribution >= 4 is 21.4 Å². The van der Waals surface area contributed by atoms with Crippen LogP contribution in [0.15, 0.2) is 77.0 Å². The maximum atomic E-state index is 13.0. The van der Waals surface area contributed by atoms with E-state index < -0.39 is 9.84 Å². The Labute approximate surface area is 180 Å². The third kappa shape index (κ3) is 4.20. The topological polar surface area (TPSA) is 90.6 Å². The highest BCUT2D eigenvalue weighted by Crippen LogP contribution is 2.27. The number of carbonyl (C=O) groups is 1. The Balaban J connectivity index is 1.47. The van der Waals surface area contributed by atoms with Crippen LogP contribution < -0.4 is 4.74 Å². The summed E-state index contributed by atoms with van der Waals surface area (Å²) in [5.41, 5.74) is 2.02. The normalized spacial score (nSPS) is 11.5. The van der Waals surface area contributed by atoms with Crippen LogP contribution in [-0.4, -0.2) is 35.7 Å². The molecule has 0 atom stereocenters. The van der Waals surface area contributed by atoms with E-state index in [1.54, 1.807) is 79.5 Å². The Morgan fingerprint density at radius 1 is 1.10 bits per heavy atom. The van der Waals surface area contributed by atoms with Crippen molar-refractivity contribution < 1.29 is 17.9 Å². The molecule has 8 heteroatoms. The van der Waals surface area contributed by atoms with Gasteiger partial charge in [-0.2, -0.15) is 0 Å². The number of sulfone groups is 1. The smallest absolute Gasteiger partial charge is 0.233 e. The van der Waals surface area contributed by atoms with Crippen LogP contribution in [0.3, 0.4) is 0 Å². The highest BCUT2D eigenvalue weighted by Gasteiger charge is 2.20. The van der Waals surface area contributed by atoms with Gasteiger partial charge in [-0.05, 0) is 54.8 Å². The number of rotatable bonds is 7. The number of hydrogen-bond donors (Lipinski definition) is 0. The number of benzene rings is 2. The minimum atomic E-state index is -3.64. The number of aryl methyl sites for hydroxylation is 2. The summed E-state index contributed by atoms with van der Waals surface area (Å²) in [5.74, 6) is 1.12. The van der Waals surface area contributed by atoms with Crippen molar-refractivity contribution in [1.82, 2.24) is 14.4 Å². The molecular weight excluding hydrogens is 414 g/mol. The number of hydrogen-bond acceptors (Lipinski definition) is 6. The lowest BCUT2D eigenvalue weighted by molar-refractivity contribution is 0.0982. The molecule has 2 aromatic heterocycles. The van der Waals surface area contributed by atoms with Gasteiger partial charge in [0.25, 0.3) is 0 Å². The molecule has 158 valence electrons. The Hall–Kier alpha value is -3.52. The van der Waals surface area contributed by atoms with Crippen LogP contribution >= 0.6 is 0 Å². The van der Waals surface area contributed by atoms with Gasteiger partial charge in [-0.25, -0.2) is 18.4 Å². The summed E-state index contributed by atoms with van der Waals surface area (Å²) < 4.78 is 32.8. The number of imidazole rings is 1. The molecule has 0 amide bonds. The molecule has 0 aliphatic carbocycles. The maximum absolute atomic E-state index is 13.0. The number of fused-ring (bicyclic) bond motifs is 1. The predicted molar refractivity (Wildman–Crippen MR) is 115 cm³/mol. The summed E-state index contributed by atoms with van der Waals surface area (Å²) in [6.07, 6.45) is 7.40. The van der Waals surface area contributed by atoms with Gasteiger partial charge < -0.3 is 4.74 Å². The molecule has 0 spiro atoms. The second-order valence-corrected chi connectivity index (χ2v) is 9.10. The summed E-state index contributed by atoms with van der Waals surface area (Å²) in [5, 5.41) is 0. The van der Waals surface area contributed by atoms with E-state index in [-0.39, 0.29) is 15.6 Å². The molecule has 4 rings (SSSR count). The number of methoxy groups -OCH3 is 1. The SMILES string of the molecule is COc1ccc(S(=O)(=O)c2ccc(CCC(=O)c3cnc4nccn4c3)cc2)c(C)c1. The van der Waals surface area contributed by atoms with Crippen molar-refractivity contribution in [2.75, 3.05) is 7.11 Å². The molecule has 2 heterocycles. The number of Topliss-reactive ketones (excluding diaryl/α,β-unsaturated/α-hetero) is 1. The molecule has 0 bridgehead atoms. The molecule has 2 aromatic carbocycles. The molecule has 0 fully saturated rings. The average molecular weight is 436 g/mol. The zero-order valence-electron chi connectivity index (χ0n) is 17.1. The van der Waals surface area contributed by atoms with Gasteiger partial charge in [-0.15, -0.1) is 0 Å². The lowest BCUT2D eigenvalue weighted by atomic mass is 10.0. The monoisotopic (exact) mass is 435 g/mol. The van der Waals surface area contributed by atoms with Gasteiger partial charge in [0, 0.05) is 31.2 Å². The Bertz CT molecular complexity index is 1360. The standard InChI is InChI=1S/C23H21N3O4S/c1-16-13-19(30-2)6-10-22(16)31(28,29)20-7-3-17(4-8-20)5-9-21(27)18-14-25-23-24-11-12-26(23)15-18/h3-4,6-8,10-15H,5,9H2,1-2H3. The Morgan fingerprint density at radius 3 is 2.58 bits per heavy atom. The highest BCUT2D eigenvalue weighted by atomic mass is 32.2. The van der Waals surface area contributed by atoms with Crippen LogP contribution in [0, 0.1) is 6.92 Å². The molecule has 0 aliphatic heterocycles. The number of carbonyl (C=O) groups excluding carboxylic acids is 1. The Kier molecular flexibility index (Phi) is 5.56. The number of ketones is 1. The summed E-state index contributed by atoms with van der Waals surface area (Å²) in [6.45, 7) is 1.74. The van der Waals surface area contributed by atoms with Crippen molar-refractivity contribution in [3.63, 3.8) is 0 Å². The van der Waals surface area contributed by atoms with Gasteiger partial charge in [-0.3, -0.25) is 9.20 Å². The fraction of sp³-hybridized carbons (Fsp3) is 0.174. The van der Waals surface area contributed by atoms with Gasteiger partial charge in [0.05, 0.1) is 22.5 Å². The van der Waals surface area contributed by atoms with Crippen LogP contribution in [0.4, 0.5) is 0 Å². The van der Waals surface area contributed by atoms with Crippen molar-refractivity contribution in [2.45, 2.75) is 29.6 Å². The molecule has 0 N–H and O–H groups in total. The molecule has 0 saturated heterocycles. The van der Waals surface area contributed by atoms with E-state index in [2.05, 4.69) is 9.97 Å². The van der Waals surface area contributed by atoms with Gasteiger partial charge in [0.15, 0.2) is 5.78 Å². The molecule has 0 aliphatic rings. The summed E-state index contributed by atoms with van der Waals surface area (Å²) in [7, 11) is -2.10. The molecule has 0 radical (unpaired) electrons. The lowest BCUT2D eigenvalue weighted by Gasteiger charge is -2.10. The first-order valence-corrected chi connectivity index (χ1v) is 11.2. The third-order valence-electron chi connectivity index (χ3n) is 5.11. The molecular formula is C23H21N3O4S. The minimum Gasteiger partial charge on any atom is -0.497 e. The van der Waals surface area contributed by atoms with Gasteiger partial charge in [0.1, 0.15) is 5.75 Å². The number of aromatic nitrogens is 3. The summed E-state index contributed by atoms with van der Waals surface area (Å²) >= 11 is 0. The van der Waals surface area contributed by atoms with E-state index in [9.17, 15) is 13.2 Å². The van der Waals surface area contributed by atoms with Crippen molar-refractivity contribution in [3.05, 3.63) is 83.9 Å². The molecule has 31 heavy (non-hydrogen) atoms. The highest BCUT2D eigenvalue weighted by molar-refractivity contribution is 7.91. The molecule has 7 nitrogen and oxygen atoms in total. The van der Waals surface area contributed by atoms with E-state index in [1.807, 2.05) is 0 Å². The summed E-state index contributed by atoms with van der Waals surface area (Å²) in [4.78, 5) is 21.2. The largest absolute Gasteiger partial charge is 0.497 e. The minimum absolute atomic E-state index is 0.0337. The fourth-order valence-corrected chi connectivity index (χ4v) is 4.85. The number of ether oxygens (including phenoxy) is 1. The second kappa shape index (κ2) is 8.31. The predicted octanol–water partition coefficient (Wildman–Crippen LogP) is 3.69. The van der Waals surface area contributed by atoms with Gasteiger partial charge in [0.2, 0.25) is 15.6 Å². The van der Waals surface area contributed by atoms with Crippen molar-refractivity contribution in [3.8, 4) is 5.75 Å². The van der Waals surface area contributed by atoms with E-state index in [1.165, 1.54) is 6.20 Å². The van der Waals surface area contributed by atoms with Gasteiger partial charge >= 0.3 is 0 Å². The zero-order chi connectivity index (χ0) is 22.0. The first-order valence-electron chi connectivity index (χ1n) is 9.69. The maximum Gasteiger partial charge on any atom is 0.233 e. The van der Waals surface area contributed by atoms with Crippen LogP contribution in [-0.2, 0) is 16.3 Å². The Morgan fingerprint density at radius 2 is 1.87 bits per heavy atom. The average Bonchev–Trinajstić information content (AvgIpc) is 3.25. The first-order chi connectivity index (χ1) is 14.9.